The first kappa shape index (κ1) is 26.9. The fourth-order valence-corrected chi connectivity index (χ4v) is 9.30. The number of aliphatic hydroxyl groups excluding tert-OH is 1. The van der Waals surface area contributed by atoms with E-state index in [9.17, 15) is 24.3 Å². The van der Waals surface area contributed by atoms with Crippen LogP contribution in [-0.2, 0) is 33.4 Å². The SMILES string of the molecule is CC(=O)O[C@H]1[C@@H](OC(C)=O)[C@@]2(C)C3=CC[C@@H](C4=CC(=O)OC4O)[C@]3(C)CC[C@@H]2[C@@]2(C)C=CC(=O)C(C)(C)[C@H]12. The molecule has 8 nitrogen and oxygen atoms in total. The molecule has 1 unspecified atom stereocenters. The Morgan fingerprint density at radius 3 is 2.29 bits per heavy atom. The lowest BCUT2D eigenvalue weighted by molar-refractivity contribution is -0.237. The van der Waals surface area contributed by atoms with Crippen molar-refractivity contribution in [1.82, 2.24) is 0 Å². The van der Waals surface area contributed by atoms with E-state index in [0.717, 1.165) is 18.4 Å². The van der Waals surface area contributed by atoms with Crippen LogP contribution >= 0.6 is 0 Å². The van der Waals surface area contributed by atoms with Gasteiger partial charge in [0.15, 0.2) is 5.78 Å². The molecule has 4 aliphatic carbocycles. The highest BCUT2D eigenvalue weighted by Gasteiger charge is 2.72. The number of allylic oxidation sites excluding steroid dienone is 3. The molecule has 0 aromatic heterocycles. The van der Waals surface area contributed by atoms with Gasteiger partial charge in [-0.2, -0.15) is 0 Å². The summed E-state index contributed by atoms with van der Waals surface area (Å²) in [5.41, 5.74) is -0.936. The molecule has 0 amide bonds. The van der Waals surface area contributed by atoms with E-state index in [4.69, 9.17) is 14.2 Å². The summed E-state index contributed by atoms with van der Waals surface area (Å²) in [6.45, 7) is 12.8. The van der Waals surface area contributed by atoms with Gasteiger partial charge in [-0.05, 0) is 48.0 Å². The van der Waals surface area contributed by atoms with Crippen molar-refractivity contribution in [3.63, 3.8) is 0 Å². The maximum Gasteiger partial charge on any atom is 0.333 e. The van der Waals surface area contributed by atoms with E-state index in [1.807, 2.05) is 19.9 Å². The Morgan fingerprint density at radius 2 is 1.71 bits per heavy atom. The van der Waals surface area contributed by atoms with Crippen molar-refractivity contribution >= 4 is 23.7 Å². The van der Waals surface area contributed by atoms with Gasteiger partial charge in [0.05, 0.1) is 0 Å². The zero-order chi connectivity index (χ0) is 28.0. The molecule has 1 N–H and O–H groups in total. The van der Waals surface area contributed by atoms with Gasteiger partial charge in [0.25, 0.3) is 0 Å². The Balaban J connectivity index is 1.70. The highest BCUT2D eigenvalue weighted by atomic mass is 16.6. The van der Waals surface area contributed by atoms with E-state index in [0.29, 0.717) is 12.0 Å². The number of hydrogen-bond donors (Lipinski definition) is 1. The second kappa shape index (κ2) is 8.38. The third-order valence-electron chi connectivity index (χ3n) is 10.6. The van der Waals surface area contributed by atoms with Crippen LogP contribution in [0.1, 0.15) is 67.7 Å². The number of rotatable bonds is 3. The number of carbonyl (C=O) groups excluding carboxylic acids is 4. The van der Waals surface area contributed by atoms with Gasteiger partial charge in [-0.1, -0.05) is 52.3 Å². The number of fused-ring (bicyclic) bond motifs is 5. The Hall–Kier alpha value is -2.74. The summed E-state index contributed by atoms with van der Waals surface area (Å²) in [5, 5.41) is 10.5. The number of cyclic esters (lactones) is 1. The molecule has 2 saturated carbocycles. The summed E-state index contributed by atoms with van der Waals surface area (Å²) in [6, 6.07) is 0. The normalized spacial score (nSPS) is 44.7. The molecule has 38 heavy (non-hydrogen) atoms. The minimum atomic E-state index is -1.28. The molecule has 1 heterocycles. The van der Waals surface area contributed by atoms with Crippen molar-refractivity contribution in [2.45, 2.75) is 86.2 Å². The van der Waals surface area contributed by atoms with Crippen molar-refractivity contribution in [3.05, 3.63) is 35.5 Å². The summed E-state index contributed by atoms with van der Waals surface area (Å²) in [4.78, 5) is 50.2. The molecular weight excluding hydrogens is 488 g/mol. The zero-order valence-corrected chi connectivity index (χ0v) is 23.2. The van der Waals surface area contributed by atoms with Crippen LogP contribution in [0.25, 0.3) is 0 Å². The van der Waals surface area contributed by atoms with Gasteiger partial charge < -0.3 is 19.3 Å². The van der Waals surface area contributed by atoms with Crippen LogP contribution in [-0.4, -0.2) is 47.3 Å². The molecule has 0 bridgehead atoms. The average molecular weight is 527 g/mol. The Bertz CT molecular complexity index is 1210. The molecule has 5 rings (SSSR count). The van der Waals surface area contributed by atoms with Crippen LogP contribution in [0.4, 0.5) is 0 Å². The number of ketones is 1. The van der Waals surface area contributed by atoms with Gasteiger partial charge >= 0.3 is 17.9 Å². The van der Waals surface area contributed by atoms with Gasteiger partial charge in [0.1, 0.15) is 12.2 Å². The smallest absolute Gasteiger partial charge is 0.333 e. The van der Waals surface area contributed by atoms with Crippen LogP contribution in [0.2, 0.25) is 0 Å². The van der Waals surface area contributed by atoms with Gasteiger partial charge in [0, 0.05) is 42.2 Å². The van der Waals surface area contributed by atoms with Crippen molar-refractivity contribution < 1.29 is 38.5 Å². The lowest BCUT2D eigenvalue weighted by Crippen LogP contribution is -2.70. The van der Waals surface area contributed by atoms with Crippen molar-refractivity contribution in [2.75, 3.05) is 0 Å². The molecular formula is C30H38O8. The molecule has 0 spiro atoms. The largest absolute Gasteiger partial charge is 0.458 e. The second-order valence-electron chi connectivity index (χ2n) is 13.0. The van der Waals surface area contributed by atoms with Crippen molar-refractivity contribution in [2.24, 2.45) is 39.4 Å². The second-order valence-corrected chi connectivity index (χ2v) is 13.0. The number of esters is 3. The topological polar surface area (TPSA) is 116 Å². The van der Waals surface area contributed by atoms with E-state index in [1.54, 1.807) is 6.08 Å². The molecule has 5 aliphatic rings. The lowest BCUT2D eigenvalue weighted by atomic mass is 9.37. The standard InChI is InChI=1S/C30H38O8/c1-15(31)36-23-24-27(3,4)21(33)11-13-29(24,6)20-10-12-28(5)18(17-14-22(34)38-26(17)35)8-9-19(28)30(20,7)25(23)37-16(2)32/h9,11,13-14,18,20,23-26,35H,8,10,12H2,1-7H3/t18-,20+,23+,24-,25+,26?,28-,29+,30-/m0/s1. The first-order chi connectivity index (χ1) is 17.6. The van der Waals surface area contributed by atoms with Gasteiger partial charge in [-0.3, -0.25) is 14.4 Å². The Morgan fingerprint density at radius 1 is 1.05 bits per heavy atom. The molecule has 8 heteroatoms. The van der Waals surface area contributed by atoms with Crippen molar-refractivity contribution in [3.8, 4) is 0 Å². The van der Waals surface area contributed by atoms with E-state index in [2.05, 4.69) is 26.8 Å². The molecule has 1 aliphatic heterocycles. The predicted molar refractivity (Wildman–Crippen MR) is 136 cm³/mol. The molecule has 0 radical (unpaired) electrons. The summed E-state index contributed by atoms with van der Waals surface area (Å²) < 4.78 is 17.2. The third kappa shape index (κ3) is 3.44. The Labute approximate surface area is 223 Å². The number of carbonyl (C=O) groups is 4. The quantitative estimate of drug-likeness (QED) is 0.335. The highest BCUT2D eigenvalue weighted by Crippen LogP contribution is 2.72. The van der Waals surface area contributed by atoms with Crippen LogP contribution < -0.4 is 0 Å². The van der Waals surface area contributed by atoms with Gasteiger partial charge in [-0.25, -0.2) is 4.79 Å². The first-order valence-corrected chi connectivity index (χ1v) is 13.5. The lowest BCUT2D eigenvalue weighted by Gasteiger charge is -2.67. The number of ether oxygens (including phenoxy) is 3. The summed E-state index contributed by atoms with van der Waals surface area (Å²) in [6.07, 6.45) is 6.37. The highest BCUT2D eigenvalue weighted by molar-refractivity contribution is 5.96. The monoisotopic (exact) mass is 526 g/mol. The van der Waals surface area contributed by atoms with E-state index in [-0.39, 0.29) is 17.6 Å². The van der Waals surface area contributed by atoms with Crippen molar-refractivity contribution in [1.29, 1.82) is 0 Å². The van der Waals surface area contributed by atoms with Crippen LogP contribution in [0.3, 0.4) is 0 Å². The summed E-state index contributed by atoms with van der Waals surface area (Å²) >= 11 is 0. The number of aliphatic hydroxyl groups is 1. The van der Waals surface area contributed by atoms with E-state index >= 15 is 0 Å². The Kier molecular flexibility index (Phi) is 5.92. The molecule has 0 saturated heterocycles. The zero-order valence-electron chi connectivity index (χ0n) is 23.2. The summed E-state index contributed by atoms with van der Waals surface area (Å²) in [5.74, 6) is -2.18. The minimum absolute atomic E-state index is 0.0294. The maximum absolute atomic E-state index is 13.2. The van der Waals surface area contributed by atoms with Crippen LogP contribution in [0.5, 0.6) is 0 Å². The van der Waals surface area contributed by atoms with Gasteiger partial charge in [0.2, 0.25) is 6.29 Å². The predicted octanol–water partition coefficient (Wildman–Crippen LogP) is 3.82. The maximum atomic E-state index is 13.2. The van der Waals surface area contributed by atoms with Crippen LogP contribution in [0.15, 0.2) is 35.5 Å². The molecule has 2 fully saturated rings. The molecule has 9 atom stereocenters. The molecule has 0 aromatic rings. The fourth-order valence-electron chi connectivity index (χ4n) is 9.30. The molecule has 206 valence electrons. The van der Waals surface area contributed by atoms with Crippen LogP contribution in [0, 0.1) is 39.4 Å². The van der Waals surface area contributed by atoms with E-state index in [1.165, 1.54) is 19.9 Å². The first-order valence-electron chi connectivity index (χ1n) is 13.5. The third-order valence-corrected chi connectivity index (χ3v) is 10.6. The van der Waals surface area contributed by atoms with Gasteiger partial charge in [-0.15, -0.1) is 0 Å². The number of hydrogen-bond acceptors (Lipinski definition) is 8. The average Bonchev–Trinajstić information content (AvgIpc) is 3.31. The minimum Gasteiger partial charge on any atom is -0.458 e. The summed E-state index contributed by atoms with van der Waals surface area (Å²) in [7, 11) is 0. The molecule has 0 aromatic carbocycles. The van der Waals surface area contributed by atoms with E-state index < -0.39 is 64.0 Å². The fraction of sp³-hybridized carbons (Fsp3) is 0.667.